The van der Waals surface area contributed by atoms with Crippen molar-refractivity contribution in [3.8, 4) is 23.0 Å². The molecule has 7 heteroatoms. The molecule has 1 N–H and O–H groups in total. The maximum Gasteiger partial charge on any atom is 0.261 e. The third-order valence-corrected chi connectivity index (χ3v) is 3.47. The first kappa shape index (κ1) is 12.6. The third-order valence-electron chi connectivity index (χ3n) is 3.47. The van der Waals surface area contributed by atoms with Crippen molar-refractivity contribution in [1.29, 1.82) is 0 Å². The normalized spacial score (nSPS) is 21.2. The average molecular weight is 289 g/mol. The number of nitrogens with one attached hydrogen (secondary N) is 1. The van der Waals surface area contributed by atoms with Crippen molar-refractivity contribution >= 4 is 0 Å². The summed E-state index contributed by atoms with van der Waals surface area (Å²) in [6.45, 7) is 3.11. The average Bonchev–Trinajstić information content (AvgIpc) is 3.05. The van der Waals surface area contributed by atoms with Gasteiger partial charge in [0.25, 0.3) is 5.89 Å². The Labute approximate surface area is 121 Å². The largest absolute Gasteiger partial charge is 0.486 e. The molecule has 1 atom stereocenters. The van der Waals surface area contributed by atoms with E-state index in [-0.39, 0.29) is 6.04 Å². The van der Waals surface area contributed by atoms with Crippen LogP contribution in [0.25, 0.3) is 11.5 Å². The molecule has 0 saturated carbocycles. The van der Waals surface area contributed by atoms with Gasteiger partial charge in [-0.2, -0.15) is 4.98 Å². The second kappa shape index (κ2) is 5.34. The number of hydrogen-bond donors (Lipinski definition) is 1. The van der Waals surface area contributed by atoms with Gasteiger partial charge in [0, 0.05) is 6.54 Å². The van der Waals surface area contributed by atoms with E-state index in [1.54, 1.807) is 0 Å². The molecule has 0 spiro atoms. The molecule has 1 unspecified atom stereocenters. The van der Waals surface area contributed by atoms with Crippen LogP contribution in [0.5, 0.6) is 11.5 Å². The maximum absolute atomic E-state index is 5.67. The molecule has 1 aromatic carbocycles. The molecule has 0 bridgehead atoms. The zero-order valence-electron chi connectivity index (χ0n) is 11.4. The van der Waals surface area contributed by atoms with Crippen molar-refractivity contribution in [2.75, 3.05) is 33.0 Å². The molecule has 3 heterocycles. The summed E-state index contributed by atoms with van der Waals surface area (Å²) in [7, 11) is 0. The fourth-order valence-electron chi connectivity index (χ4n) is 2.46. The molecule has 21 heavy (non-hydrogen) atoms. The Bertz CT molecular complexity index is 637. The number of para-hydroxylation sites is 1. The Morgan fingerprint density at radius 1 is 1.14 bits per heavy atom. The highest BCUT2D eigenvalue weighted by atomic mass is 16.6. The summed E-state index contributed by atoms with van der Waals surface area (Å²) in [5.74, 6) is 2.39. The van der Waals surface area contributed by atoms with E-state index < -0.39 is 0 Å². The number of aromatic nitrogens is 2. The van der Waals surface area contributed by atoms with Crippen LogP contribution in [-0.4, -0.2) is 43.1 Å². The minimum absolute atomic E-state index is 0.0343. The minimum Gasteiger partial charge on any atom is -0.486 e. The number of benzene rings is 1. The Morgan fingerprint density at radius 2 is 2.10 bits per heavy atom. The van der Waals surface area contributed by atoms with Gasteiger partial charge in [-0.05, 0) is 12.1 Å². The van der Waals surface area contributed by atoms with Crippen LogP contribution in [0.15, 0.2) is 22.7 Å². The molecule has 2 aliphatic heterocycles. The monoisotopic (exact) mass is 289 g/mol. The molecule has 1 fully saturated rings. The molecule has 1 aromatic heterocycles. The van der Waals surface area contributed by atoms with E-state index in [4.69, 9.17) is 18.7 Å². The standard InChI is InChI=1S/C14H15N3O4/c1-2-9(12-11(3-1)19-6-7-20-12)14-16-13(17-21-14)10-8-18-5-4-15-10/h1-3,10,15H,4-8H2. The smallest absolute Gasteiger partial charge is 0.261 e. The summed E-state index contributed by atoms with van der Waals surface area (Å²) in [5.41, 5.74) is 0.752. The number of morpholine rings is 1. The van der Waals surface area contributed by atoms with Crippen LogP contribution in [0.1, 0.15) is 11.9 Å². The Kier molecular flexibility index (Phi) is 3.21. The van der Waals surface area contributed by atoms with E-state index in [0.717, 1.165) is 12.1 Å². The van der Waals surface area contributed by atoms with Gasteiger partial charge in [0.05, 0.1) is 24.8 Å². The van der Waals surface area contributed by atoms with Crippen LogP contribution in [0.3, 0.4) is 0 Å². The summed E-state index contributed by atoms with van der Waals surface area (Å²) in [4.78, 5) is 4.46. The first-order chi connectivity index (χ1) is 10.4. The van der Waals surface area contributed by atoms with E-state index in [1.165, 1.54) is 0 Å². The first-order valence-electron chi connectivity index (χ1n) is 6.95. The Balaban J connectivity index is 1.66. The van der Waals surface area contributed by atoms with Gasteiger partial charge in [-0.25, -0.2) is 0 Å². The highest BCUT2D eigenvalue weighted by Gasteiger charge is 2.24. The Morgan fingerprint density at radius 3 is 3.00 bits per heavy atom. The van der Waals surface area contributed by atoms with Crippen LogP contribution in [-0.2, 0) is 4.74 Å². The van der Waals surface area contributed by atoms with E-state index in [9.17, 15) is 0 Å². The summed E-state index contributed by atoms with van der Waals surface area (Å²) >= 11 is 0. The van der Waals surface area contributed by atoms with Gasteiger partial charge in [-0.1, -0.05) is 11.2 Å². The zero-order chi connectivity index (χ0) is 14.1. The van der Waals surface area contributed by atoms with Crippen molar-refractivity contribution in [3.05, 3.63) is 24.0 Å². The van der Waals surface area contributed by atoms with Crippen LogP contribution >= 0.6 is 0 Å². The summed E-state index contributed by atoms with van der Waals surface area (Å²) < 4.78 is 22.0. The van der Waals surface area contributed by atoms with Gasteiger partial charge in [0.2, 0.25) is 0 Å². The lowest BCUT2D eigenvalue weighted by molar-refractivity contribution is 0.0734. The quantitative estimate of drug-likeness (QED) is 0.889. The van der Waals surface area contributed by atoms with Crippen molar-refractivity contribution in [2.24, 2.45) is 0 Å². The molecule has 110 valence electrons. The van der Waals surface area contributed by atoms with Gasteiger partial charge in [0.1, 0.15) is 13.2 Å². The van der Waals surface area contributed by atoms with Crippen LogP contribution < -0.4 is 14.8 Å². The molecule has 0 amide bonds. The minimum atomic E-state index is -0.0343. The zero-order valence-corrected chi connectivity index (χ0v) is 11.4. The van der Waals surface area contributed by atoms with E-state index in [2.05, 4.69) is 15.5 Å². The van der Waals surface area contributed by atoms with Gasteiger partial charge in [-0.3, -0.25) is 0 Å². The van der Waals surface area contributed by atoms with Crippen LogP contribution in [0.2, 0.25) is 0 Å². The molecular weight excluding hydrogens is 274 g/mol. The highest BCUT2D eigenvalue weighted by molar-refractivity contribution is 5.67. The number of rotatable bonds is 2. The first-order valence-corrected chi connectivity index (χ1v) is 6.95. The molecule has 0 aliphatic carbocycles. The third kappa shape index (κ3) is 2.34. The van der Waals surface area contributed by atoms with Crippen molar-refractivity contribution in [1.82, 2.24) is 15.5 Å². The number of hydrogen-bond acceptors (Lipinski definition) is 7. The molecule has 1 saturated heterocycles. The highest BCUT2D eigenvalue weighted by Crippen LogP contribution is 2.39. The molecule has 7 nitrogen and oxygen atoms in total. The second-order valence-corrected chi connectivity index (χ2v) is 4.87. The second-order valence-electron chi connectivity index (χ2n) is 4.87. The summed E-state index contributed by atoms with van der Waals surface area (Å²) in [6.07, 6.45) is 0. The fraction of sp³-hybridized carbons (Fsp3) is 0.429. The van der Waals surface area contributed by atoms with E-state index in [0.29, 0.717) is 49.6 Å². The molecular formula is C14H15N3O4. The summed E-state index contributed by atoms with van der Waals surface area (Å²) in [5, 5.41) is 7.34. The summed E-state index contributed by atoms with van der Waals surface area (Å²) in [6, 6.07) is 5.60. The van der Waals surface area contributed by atoms with Gasteiger partial charge in [-0.15, -0.1) is 0 Å². The molecule has 0 radical (unpaired) electrons. The van der Waals surface area contributed by atoms with Gasteiger partial charge < -0.3 is 24.1 Å². The molecule has 2 aromatic rings. The molecule has 2 aliphatic rings. The Hall–Kier alpha value is -2.12. The lowest BCUT2D eigenvalue weighted by atomic mass is 10.1. The van der Waals surface area contributed by atoms with Crippen LogP contribution in [0, 0.1) is 0 Å². The van der Waals surface area contributed by atoms with Gasteiger partial charge in [0.15, 0.2) is 17.3 Å². The number of fused-ring (bicyclic) bond motifs is 1. The molecule has 4 rings (SSSR count). The van der Waals surface area contributed by atoms with E-state index in [1.807, 2.05) is 18.2 Å². The van der Waals surface area contributed by atoms with Crippen molar-refractivity contribution < 1.29 is 18.7 Å². The van der Waals surface area contributed by atoms with Crippen molar-refractivity contribution in [3.63, 3.8) is 0 Å². The van der Waals surface area contributed by atoms with Gasteiger partial charge >= 0.3 is 0 Å². The number of ether oxygens (including phenoxy) is 3. The van der Waals surface area contributed by atoms with Crippen LogP contribution in [0.4, 0.5) is 0 Å². The fourth-order valence-corrected chi connectivity index (χ4v) is 2.46. The van der Waals surface area contributed by atoms with E-state index >= 15 is 0 Å². The maximum atomic E-state index is 5.67. The predicted octanol–water partition coefficient (Wildman–Crippen LogP) is 1.17. The predicted molar refractivity (Wildman–Crippen MR) is 72.3 cm³/mol. The number of nitrogens with zero attached hydrogens (tertiary/aromatic N) is 2. The topological polar surface area (TPSA) is 78.6 Å². The lowest BCUT2D eigenvalue weighted by Crippen LogP contribution is -2.35. The SMILES string of the molecule is c1cc2c(c(-c3nc(C4COCCN4)no3)c1)OCCO2. The van der Waals surface area contributed by atoms with Crippen molar-refractivity contribution in [2.45, 2.75) is 6.04 Å². The lowest BCUT2D eigenvalue weighted by Gasteiger charge is -2.20.